The summed E-state index contributed by atoms with van der Waals surface area (Å²) in [5.74, 6) is -3.00. The van der Waals surface area contributed by atoms with Gasteiger partial charge in [0.2, 0.25) is 17.7 Å². The number of H-pyrrole nitrogens is 2. The van der Waals surface area contributed by atoms with Crippen molar-refractivity contribution in [2.24, 2.45) is 5.73 Å². The lowest BCUT2D eigenvalue weighted by Crippen LogP contribution is -2.62. The first-order valence-electron chi connectivity index (χ1n) is 18.8. The number of likely N-dealkylation sites (N-methyl/N-ethyl adjacent to an activating group) is 1. The standard InChI is InChI=1S/C40H47N9O10S/c1-22(48(2)37(54)28(41)18-23-7-6-8-25(50)17-23)34(36(53)43-21-26-11-12-33(59-26)49-15-13-32(51)46-40(49)58)47-35(52)30(14-16-60-3)44-39(57)45-31(38(55)56)19-24-20-42-29-10-5-4-9-27(24)29/h4-13,15,17,20-22,28,30-31,33-34,42,50H,14,16,18-19,41H2,1-3H3,(H,43,53)(H,47,52)(H,55,56)(H2,44,45,57)(H,46,51,58)/b26-21-/t22-,28+,30?,31?,33+,34?/m0/s1. The summed E-state index contributed by atoms with van der Waals surface area (Å²) in [7, 11) is 1.41. The molecule has 3 heterocycles. The highest BCUT2D eigenvalue weighted by Crippen LogP contribution is 2.22. The summed E-state index contributed by atoms with van der Waals surface area (Å²) in [6.45, 7) is 1.51. The lowest BCUT2D eigenvalue weighted by atomic mass is 10.0. The fourth-order valence-corrected chi connectivity index (χ4v) is 6.91. The minimum Gasteiger partial charge on any atom is -0.508 e. The zero-order valence-corrected chi connectivity index (χ0v) is 33.7. The number of carbonyl (C=O) groups is 5. The van der Waals surface area contributed by atoms with Crippen LogP contribution in [0.1, 0.15) is 30.7 Å². The Morgan fingerprint density at radius 2 is 1.77 bits per heavy atom. The quantitative estimate of drug-likeness (QED) is 0.0672. The first kappa shape index (κ1) is 44.3. The highest BCUT2D eigenvalue weighted by Gasteiger charge is 2.35. The van der Waals surface area contributed by atoms with Gasteiger partial charge in [-0.25, -0.2) is 14.4 Å². The number of thioether (sulfide) groups is 1. The maximum absolute atomic E-state index is 14.0. The fourth-order valence-electron chi connectivity index (χ4n) is 6.44. The SMILES string of the molecule is CSCCC(NC(=O)NC(Cc1c[nH]c2ccccc12)C(=O)O)C(=O)NC(C(=O)N/C=C1/C=C[C@H](n2ccc(=O)[nH]c2=O)O1)[C@H](C)N(C)C(=O)[C@H](N)Cc1cccc(O)c1. The topological polar surface area (TPSA) is 283 Å². The average molecular weight is 846 g/mol. The number of carboxylic acids is 1. The van der Waals surface area contributed by atoms with E-state index in [4.69, 9.17) is 10.5 Å². The van der Waals surface area contributed by atoms with Crippen molar-refractivity contribution in [3.63, 3.8) is 0 Å². The van der Waals surface area contributed by atoms with Crippen LogP contribution in [0.3, 0.4) is 0 Å². The van der Waals surface area contributed by atoms with E-state index in [2.05, 4.69) is 31.2 Å². The molecule has 4 aromatic rings. The molecule has 19 nitrogen and oxygen atoms in total. The average Bonchev–Trinajstić information content (AvgIpc) is 3.86. The van der Waals surface area contributed by atoms with Gasteiger partial charge in [0.1, 0.15) is 29.6 Å². The van der Waals surface area contributed by atoms with E-state index in [9.17, 15) is 43.8 Å². The number of nitrogens with one attached hydrogen (secondary N) is 6. The number of aromatic nitrogens is 3. The van der Waals surface area contributed by atoms with Gasteiger partial charge in [0, 0.05) is 49.0 Å². The highest BCUT2D eigenvalue weighted by molar-refractivity contribution is 7.98. The molecule has 1 aliphatic heterocycles. The number of allylic oxidation sites excluding steroid dienone is 1. The molecule has 5 rings (SSSR count). The third kappa shape index (κ3) is 11.4. The fraction of sp³-hybridized carbons (Fsp3) is 0.325. The molecule has 0 saturated carbocycles. The number of para-hydroxylation sites is 1. The van der Waals surface area contributed by atoms with Gasteiger partial charge in [0.15, 0.2) is 6.23 Å². The van der Waals surface area contributed by atoms with E-state index in [1.165, 1.54) is 67.3 Å². The molecule has 10 N–H and O–H groups in total. The molecule has 2 aromatic carbocycles. The second-order valence-corrected chi connectivity index (χ2v) is 15.0. The van der Waals surface area contributed by atoms with Crippen LogP contribution in [0.25, 0.3) is 10.9 Å². The number of benzene rings is 2. The van der Waals surface area contributed by atoms with Gasteiger partial charge in [-0.05, 0) is 73.3 Å². The van der Waals surface area contributed by atoms with Gasteiger partial charge in [-0.1, -0.05) is 30.3 Å². The van der Waals surface area contributed by atoms with E-state index in [0.29, 0.717) is 16.9 Å². The van der Waals surface area contributed by atoms with Crippen LogP contribution in [0.15, 0.2) is 101 Å². The summed E-state index contributed by atoms with van der Waals surface area (Å²) in [6, 6.07) is 7.52. The molecule has 0 spiro atoms. The first-order valence-corrected chi connectivity index (χ1v) is 20.2. The normalized spacial score (nSPS) is 16.5. The maximum Gasteiger partial charge on any atom is 0.331 e. The zero-order valence-electron chi connectivity index (χ0n) is 32.9. The molecule has 1 aliphatic rings. The van der Waals surface area contributed by atoms with Crippen molar-refractivity contribution in [2.45, 2.75) is 62.6 Å². The Labute approximate surface area is 347 Å². The summed E-state index contributed by atoms with van der Waals surface area (Å²) >= 11 is 1.39. The number of nitrogens with two attached hydrogens (primary N) is 1. The molecule has 5 amide bonds. The number of aromatic amines is 2. The summed E-state index contributed by atoms with van der Waals surface area (Å²) in [5.41, 5.74) is 7.02. The second kappa shape index (κ2) is 20.3. The van der Waals surface area contributed by atoms with Crippen LogP contribution in [0.4, 0.5) is 4.79 Å². The number of phenolic OH excluding ortho intramolecular Hbond substituents is 1. The molecule has 60 heavy (non-hydrogen) atoms. The Hall–Kier alpha value is -6.80. The lowest BCUT2D eigenvalue weighted by molar-refractivity contribution is -0.139. The van der Waals surface area contributed by atoms with Crippen molar-refractivity contribution in [1.82, 2.24) is 40.7 Å². The van der Waals surface area contributed by atoms with Crippen LogP contribution in [0.2, 0.25) is 0 Å². The minimum atomic E-state index is -1.46. The number of fused-ring (bicyclic) bond motifs is 1. The molecule has 318 valence electrons. The van der Waals surface area contributed by atoms with Crippen molar-refractivity contribution in [3.05, 3.63) is 123 Å². The molecule has 0 saturated heterocycles. The van der Waals surface area contributed by atoms with Gasteiger partial charge in [-0.3, -0.25) is 28.7 Å². The minimum absolute atomic E-state index is 0.00770. The van der Waals surface area contributed by atoms with Gasteiger partial charge in [0.05, 0.1) is 12.1 Å². The number of ether oxygens (including phenoxy) is 1. The molecule has 0 bridgehead atoms. The van der Waals surface area contributed by atoms with Crippen LogP contribution in [0.5, 0.6) is 5.75 Å². The molecule has 0 radical (unpaired) electrons. The largest absolute Gasteiger partial charge is 0.508 e. The van der Waals surface area contributed by atoms with Crippen LogP contribution in [-0.2, 0) is 36.8 Å². The van der Waals surface area contributed by atoms with E-state index in [1.54, 1.807) is 24.6 Å². The first-order chi connectivity index (χ1) is 28.6. The third-order valence-electron chi connectivity index (χ3n) is 9.80. The number of nitrogens with zero attached hydrogens (tertiary/aromatic N) is 2. The number of amides is 5. The van der Waals surface area contributed by atoms with Crippen molar-refractivity contribution in [3.8, 4) is 5.75 Å². The van der Waals surface area contributed by atoms with Crippen molar-refractivity contribution < 1.29 is 38.9 Å². The van der Waals surface area contributed by atoms with E-state index in [0.717, 1.165) is 21.5 Å². The molecule has 2 aromatic heterocycles. The molecule has 0 fully saturated rings. The summed E-state index contributed by atoms with van der Waals surface area (Å²) in [6.07, 6.45) is 8.00. The van der Waals surface area contributed by atoms with Gasteiger partial charge in [-0.15, -0.1) is 0 Å². The van der Waals surface area contributed by atoms with Gasteiger partial charge in [0.25, 0.3) is 5.56 Å². The summed E-state index contributed by atoms with van der Waals surface area (Å²) in [5, 5.41) is 30.9. The number of hydrogen-bond donors (Lipinski definition) is 9. The molecule has 3 unspecified atom stereocenters. The zero-order chi connectivity index (χ0) is 43.5. The number of hydrogen-bond acceptors (Lipinski definition) is 11. The van der Waals surface area contributed by atoms with Crippen LogP contribution < -0.4 is 38.2 Å². The van der Waals surface area contributed by atoms with Crippen LogP contribution in [-0.4, -0.2) is 109 Å². The Kier molecular flexibility index (Phi) is 15.0. The Morgan fingerprint density at radius 3 is 2.48 bits per heavy atom. The van der Waals surface area contributed by atoms with Crippen molar-refractivity contribution in [2.75, 3.05) is 19.1 Å². The predicted octanol–water partition coefficient (Wildman–Crippen LogP) is 0.785. The summed E-state index contributed by atoms with van der Waals surface area (Å²) < 4.78 is 6.86. The van der Waals surface area contributed by atoms with E-state index in [-0.39, 0.29) is 30.8 Å². The highest BCUT2D eigenvalue weighted by atomic mass is 32.2. The van der Waals surface area contributed by atoms with E-state index >= 15 is 0 Å². The number of aromatic hydroxyl groups is 1. The molecule has 20 heteroatoms. The van der Waals surface area contributed by atoms with Gasteiger partial charge in [-0.2, -0.15) is 11.8 Å². The van der Waals surface area contributed by atoms with Crippen molar-refractivity contribution in [1.29, 1.82) is 0 Å². The molecular formula is C40H47N9O10S. The van der Waals surface area contributed by atoms with E-state index in [1.807, 2.05) is 24.3 Å². The van der Waals surface area contributed by atoms with Gasteiger partial charge >= 0.3 is 17.7 Å². The molecule has 0 aliphatic carbocycles. The van der Waals surface area contributed by atoms with Crippen LogP contribution in [0, 0.1) is 0 Å². The number of urea groups is 1. The maximum atomic E-state index is 14.0. The number of carbonyl (C=O) groups excluding carboxylic acids is 4. The monoisotopic (exact) mass is 845 g/mol. The number of rotatable bonds is 18. The number of aliphatic carboxylic acids is 1. The molecular weight excluding hydrogens is 799 g/mol. The predicted molar refractivity (Wildman–Crippen MR) is 223 cm³/mol. The lowest BCUT2D eigenvalue weighted by Gasteiger charge is -2.34. The smallest absolute Gasteiger partial charge is 0.331 e. The third-order valence-corrected chi connectivity index (χ3v) is 10.4. The second-order valence-electron chi connectivity index (χ2n) is 14.0. The Bertz CT molecular complexity index is 2390. The van der Waals surface area contributed by atoms with Crippen molar-refractivity contribution >= 4 is 52.4 Å². The number of carboxylic acid groups (broad SMARTS) is 1. The number of phenols is 1. The Morgan fingerprint density at radius 1 is 1.02 bits per heavy atom. The molecule has 6 atom stereocenters. The van der Waals surface area contributed by atoms with Gasteiger partial charge < -0.3 is 51.8 Å². The summed E-state index contributed by atoms with van der Waals surface area (Å²) in [4.78, 5) is 97.4. The van der Waals surface area contributed by atoms with E-state index < -0.39 is 77.4 Å². The Balaban J connectivity index is 1.33. The van der Waals surface area contributed by atoms with Crippen LogP contribution >= 0.6 is 11.8 Å².